The van der Waals surface area contributed by atoms with Crippen LogP contribution in [0.3, 0.4) is 0 Å². The number of rotatable bonds is 8. The summed E-state index contributed by atoms with van der Waals surface area (Å²) in [6, 6.07) is 3.78. The molecule has 1 aliphatic heterocycles. The molecule has 0 aromatic heterocycles. The van der Waals surface area contributed by atoms with Gasteiger partial charge in [0.25, 0.3) is 0 Å². The van der Waals surface area contributed by atoms with Crippen molar-refractivity contribution in [2.75, 3.05) is 26.4 Å². The zero-order valence-corrected chi connectivity index (χ0v) is 14.3. The number of benzene rings is 1. The van der Waals surface area contributed by atoms with Gasteiger partial charge in [0, 0.05) is 25.0 Å². The zero-order chi connectivity index (χ0) is 16.8. The first-order chi connectivity index (χ1) is 11.8. The predicted octanol–water partition coefficient (Wildman–Crippen LogP) is 3.53. The van der Waals surface area contributed by atoms with E-state index in [-0.39, 0.29) is 12.1 Å². The van der Waals surface area contributed by atoms with Gasteiger partial charge in [-0.2, -0.15) is 0 Å². The van der Waals surface area contributed by atoms with Gasteiger partial charge >= 0.3 is 0 Å². The lowest BCUT2D eigenvalue weighted by atomic mass is 10.1. The number of ketones is 1. The Morgan fingerprint density at radius 1 is 1.12 bits per heavy atom. The van der Waals surface area contributed by atoms with Gasteiger partial charge in [-0.15, -0.1) is 0 Å². The highest BCUT2D eigenvalue weighted by Crippen LogP contribution is 2.35. The monoisotopic (exact) mass is 334 g/mol. The van der Waals surface area contributed by atoms with Crippen LogP contribution in [0.25, 0.3) is 0 Å². The number of ether oxygens (including phenoxy) is 4. The van der Waals surface area contributed by atoms with Crippen LogP contribution in [-0.2, 0) is 15.9 Å². The van der Waals surface area contributed by atoms with Crippen LogP contribution in [0.15, 0.2) is 12.1 Å². The number of carbonyl (C=O) groups excluding carboxylic acids is 1. The summed E-state index contributed by atoms with van der Waals surface area (Å²) in [5.41, 5.74) is 1.84. The van der Waals surface area contributed by atoms with E-state index in [1.54, 1.807) is 0 Å². The average Bonchev–Trinajstić information content (AvgIpc) is 2.96. The molecule has 1 aromatic rings. The first-order valence-electron chi connectivity index (χ1n) is 8.97. The number of Topliss-reactive ketones (excluding diaryl/α,β-unsaturated/α-hetero) is 1. The summed E-state index contributed by atoms with van der Waals surface area (Å²) in [5.74, 6) is 1.57. The minimum Gasteiger partial charge on any atom is -0.490 e. The van der Waals surface area contributed by atoms with E-state index in [9.17, 15) is 4.79 Å². The van der Waals surface area contributed by atoms with Crippen LogP contribution in [0.2, 0.25) is 0 Å². The highest BCUT2D eigenvalue weighted by molar-refractivity contribution is 6.01. The lowest BCUT2D eigenvalue weighted by molar-refractivity contribution is -0.163. The molecule has 1 unspecified atom stereocenters. The van der Waals surface area contributed by atoms with Crippen LogP contribution in [0, 0.1) is 0 Å². The van der Waals surface area contributed by atoms with E-state index >= 15 is 0 Å². The van der Waals surface area contributed by atoms with Gasteiger partial charge in [0.1, 0.15) is 0 Å². The second-order valence-corrected chi connectivity index (χ2v) is 6.18. The standard InChI is InChI=1S/C19H26O5/c1-2-21-17-12-14-7-8-16(20)15(14)13-18(17)22-10-5-11-24-19-6-3-4-9-23-19/h12-13,19H,2-11H2,1H3. The van der Waals surface area contributed by atoms with Crippen molar-refractivity contribution < 1.29 is 23.7 Å². The Labute approximate surface area is 143 Å². The fraction of sp³-hybridized carbons (Fsp3) is 0.632. The Morgan fingerprint density at radius 3 is 2.79 bits per heavy atom. The van der Waals surface area contributed by atoms with E-state index in [4.69, 9.17) is 18.9 Å². The van der Waals surface area contributed by atoms with Gasteiger partial charge in [0.15, 0.2) is 23.6 Å². The molecule has 132 valence electrons. The first kappa shape index (κ1) is 17.2. The molecule has 5 nitrogen and oxygen atoms in total. The highest BCUT2D eigenvalue weighted by atomic mass is 16.7. The summed E-state index contributed by atoms with van der Waals surface area (Å²) >= 11 is 0. The molecular weight excluding hydrogens is 308 g/mol. The third kappa shape index (κ3) is 4.28. The van der Waals surface area contributed by atoms with E-state index in [0.717, 1.165) is 49.2 Å². The fourth-order valence-corrected chi connectivity index (χ4v) is 3.13. The number of hydrogen-bond acceptors (Lipinski definition) is 5. The number of carbonyl (C=O) groups is 1. The van der Waals surface area contributed by atoms with Crippen molar-refractivity contribution in [3.8, 4) is 11.5 Å². The smallest absolute Gasteiger partial charge is 0.163 e. The Morgan fingerprint density at radius 2 is 2.00 bits per heavy atom. The largest absolute Gasteiger partial charge is 0.490 e. The Hall–Kier alpha value is -1.59. The average molecular weight is 334 g/mol. The zero-order valence-electron chi connectivity index (χ0n) is 14.3. The van der Waals surface area contributed by atoms with Gasteiger partial charge in [0.05, 0.1) is 19.8 Å². The van der Waals surface area contributed by atoms with Crippen LogP contribution < -0.4 is 9.47 Å². The summed E-state index contributed by atoms with van der Waals surface area (Å²) in [7, 11) is 0. The predicted molar refractivity (Wildman–Crippen MR) is 89.9 cm³/mol. The lowest BCUT2D eigenvalue weighted by Crippen LogP contribution is -2.23. The molecule has 1 aromatic carbocycles. The molecule has 2 aliphatic rings. The SMILES string of the molecule is CCOc1cc2c(cc1OCCCOC1CCCCO1)C(=O)CC2. The minimum absolute atomic E-state index is 0.0599. The minimum atomic E-state index is -0.0599. The van der Waals surface area contributed by atoms with Gasteiger partial charge in [-0.25, -0.2) is 0 Å². The van der Waals surface area contributed by atoms with Gasteiger partial charge in [-0.1, -0.05) is 0 Å². The van der Waals surface area contributed by atoms with Crippen LogP contribution >= 0.6 is 0 Å². The summed E-state index contributed by atoms with van der Waals surface area (Å²) < 4.78 is 22.8. The van der Waals surface area contributed by atoms with Gasteiger partial charge < -0.3 is 18.9 Å². The van der Waals surface area contributed by atoms with E-state index in [2.05, 4.69) is 0 Å². The van der Waals surface area contributed by atoms with E-state index in [1.165, 1.54) is 6.42 Å². The summed E-state index contributed by atoms with van der Waals surface area (Å²) in [6.07, 6.45) is 5.36. The molecule has 24 heavy (non-hydrogen) atoms. The second kappa shape index (κ2) is 8.49. The molecule has 3 rings (SSSR count). The summed E-state index contributed by atoms with van der Waals surface area (Å²) in [5, 5.41) is 0. The Bertz CT molecular complexity index is 563. The maximum absolute atomic E-state index is 11.9. The molecule has 0 radical (unpaired) electrons. The molecule has 1 heterocycles. The molecule has 0 N–H and O–H groups in total. The maximum Gasteiger partial charge on any atom is 0.163 e. The maximum atomic E-state index is 11.9. The normalized spacial score (nSPS) is 20.0. The summed E-state index contributed by atoms with van der Waals surface area (Å²) in [4.78, 5) is 11.9. The molecule has 1 aliphatic carbocycles. The number of fused-ring (bicyclic) bond motifs is 1. The number of hydrogen-bond donors (Lipinski definition) is 0. The van der Waals surface area contributed by atoms with Crippen LogP contribution in [0.5, 0.6) is 11.5 Å². The van der Waals surface area contributed by atoms with Crippen molar-refractivity contribution in [3.63, 3.8) is 0 Å². The van der Waals surface area contributed by atoms with E-state index in [0.29, 0.717) is 32.0 Å². The molecule has 5 heteroatoms. The van der Waals surface area contributed by atoms with E-state index in [1.807, 2.05) is 19.1 Å². The third-order valence-electron chi connectivity index (χ3n) is 4.38. The molecule has 0 bridgehead atoms. The Kier molecular flexibility index (Phi) is 6.10. The van der Waals surface area contributed by atoms with Crippen LogP contribution in [0.1, 0.15) is 54.9 Å². The number of aryl methyl sites for hydroxylation is 1. The topological polar surface area (TPSA) is 54.0 Å². The van der Waals surface area contributed by atoms with Gasteiger partial charge in [-0.3, -0.25) is 4.79 Å². The van der Waals surface area contributed by atoms with Gasteiger partial charge in [0.2, 0.25) is 0 Å². The van der Waals surface area contributed by atoms with E-state index < -0.39 is 0 Å². The van der Waals surface area contributed by atoms with Crippen molar-refractivity contribution in [2.45, 2.75) is 51.7 Å². The molecule has 1 fully saturated rings. The Balaban J connectivity index is 1.50. The van der Waals surface area contributed by atoms with Crippen molar-refractivity contribution in [2.24, 2.45) is 0 Å². The van der Waals surface area contributed by atoms with Crippen LogP contribution in [-0.4, -0.2) is 38.5 Å². The summed E-state index contributed by atoms with van der Waals surface area (Å²) in [6.45, 7) is 4.45. The van der Waals surface area contributed by atoms with Gasteiger partial charge in [-0.05, 0) is 50.3 Å². The highest BCUT2D eigenvalue weighted by Gasteiger charge is 2.23. The van der Waals surface area contributed by atoms with Crippen molar-refractivity contribution in [3.05, 3.63) is 23.3 Å². The molecule has 0 saturated carbocycles. The first-order valence-corrected chi connectivity index (χ1v) is 8.97. The quantitative estimate of drug-likeness (QED) is 0.681. The molecule has 1 saturated heterocycles. The third-order valence-corrected chi connectivity index (χ3v) is 4.38. The van der Waals surface area contributed by atoms with Crippen molar-refractivity contribution in [1.82, 2.24) is 0 Å². The van der Waals surface area contributed by atoms with Crippen LogP contribution in [0.4, 0.5) is 0 Å². The lowest BCUT2D eigenvalue weighted by Gasteiger charge is -2.22. The molecule has 0 amide bonds. The fourth-order valence-electron chi connectivity index (χ4n) is 3.13. The second-order valence-electron chi connectivity index (χ2n) is 6.18. The van der Waals surface area contributed by atoms with Crippen molar-refractivity contribution >= 4 is 5.78 Å². The van der Waals surface area contributed by atoms with Crippen molar-refractivity contribution in [1.29, 1.82) is 0 Å². The molecule has 1 atom stereocenters. The molecular formula is C19H26O5. The molecule has 0 spiro atoms.